The lowest BCUT2D eigenvalue weighted by molar-refractivity contribution is -0.385. The lowest BCUT2D eigenvalue weighted by atomic mass is 9.79. The molecule has 0 radical (unpaired) electrons. The predicted octanol–water partition coefficient (Wildman–Crippen LogP) is 3.07. The van der Waals surface area contributed by atoms with E-state index in [4.69, 9.17) is 18.8 Å². The van der Waals surface area contributed by atoms with Crippen LogP contribution in [0.15, 0.2) is 30.5 Å². The van der Waals surface area contributed by atoms with E-state index >= 15 is 0 Å². The van der Waals surface area contributed by atoms with Crippen LogP contribution in [0.3, 0.4) is 0 Å². The highest BCUT2D eigenvalue weighted by molar-refractivity contribution is 7.90. The Morgan fingerprint density at radius 1 is 1.14 bits per heavy atom. The van der Waals surface area contributed by atoms with E-state index in [1.165, 1.54) is 19.4 Å². The van der Waals surface area contributed by atoms with Gasteiger partial charge in [0.05, 0.1) is 35.6 Å². The van der Waals surface area contributed by atoms with E-state index in [0.717, 1.165) is 6.26 Å². The quantitative estimate of drug-likeness (QED) is 0.264. The molecule has 0 bridgehead atoms. The van der Waals surface area contributed by atoms with Crippen LogP contribution in [-0.2, 0) is 25.6 Å². The molecule has 1 aromatic heterocycles. The van der Waals surface area contributed by atoms with E-state index in [0.29, 0.717) is 29.1 Å². The number of sulfone groups is 1. The molecule has 10 nitrogen and oxygen atoms in total. The molecule has 1 saturated heterocycles. The van der Waals surface area contributed by atoms with Crippen LogP contribution in [0.5, 0.6) is 11.5 Å². The maximum Gasteiger partial charge on any atom is 0.496 e. The Labute approximate surface area is 212 Å². The first-order valence-electron chi connectivity index (χ1n) is 11.6. The SMILES string of the molecule is CCOc1cc([C@H](Cc2ncc(B3OC(C)(C)C(C)(C)O3)cc2[N+](=O)[O-])CS(C)(=O)=O)ccc1OC. The van der Waals surface area contributed by atoms with Gasteiger partial charge in [-0.2, -0.15) is 0 Å². The summed E-state index contributed by atoms with van der Waals surface area (Å²) in [6.07, 6.45) is 2.66. The fourth-order valence-electron chi connectivity index (χ4n) is 4.01. The molecule has 1 aliphatic heterocycles. The molecule has 1 atom stereocenters. The van der Waals surface area contributed by atoms with E-state index in [2.05, 4.69) is 4.98 Å². The molecule has 0 unspecified atom stereocenters. The lowest BCUT2D eigenvalue weighted by Gasteiger charge is -2.32. The summed E-state index contributed by atoms with van der Waals surface area (Å²) in [6.45, 7) is 9.79. The Hall–Kier alpha value is -2.70. The van der Waals surface area contributed by atoms with Crippen molar-refractivity contribution >= 4 is 28.1 Å². The highest BCUT2D eigenvalue weighted by Gasteiger charge is 2.52. The van der Waals surface area contributed by atoms with Crippen molar-refractivity contribution in [1.29, 1.82) is 0 Å². The zero-order valence-corrected chi connectivity index (χ0v) is 22.5. The summed E-state index contributed by atoms with van der Waals surface area (Å²) in [6, 6.07) is 6.53. The van der Waals surface area contributed by atoms with Gasteiger partial charge in [0.15, 0.2) is 11.5 Å². The molecule has 0 N–H and O–H groups in total. The Kier molecular flexibility index (Phi) is 8.02. The van der Waals surface area contributed by atoms with Crippen LogP contribution in [0.1, 0.15) is 51.8 Å². The van der Waals surface area contributed by atoms with Crippen LogP contribution in [0, 0.1) is 10.1 Å². The molecule has 2 aromatic rings. The van der Waals surface area contributed by atoms with Gasteiger partial charge in [-0.3, -0.25) is 15.1 Å². The minimum Gasteiger partial charge on any atom is -0.493 e. The molecule has 1 aromatic carbocycles. The molecule has 0 saturated carbocycles. The maximum absolute atomic E-state index is 12.3. The van der Waals surface area contributed by atoms with Gasteiger partial charge < -0.3 is 18.8 Å². The Morgan fingerprint density at radius 2 is 1.78 bits per heavy atom. The maximum atomic E-state index is 12.3. The van der Waals surface area contributed by atoms with Crippen molar-refractivity contribution in [3.63, 3.8) is 0 Å². The summed E-state index contributed by atoms with van der Waals surface area (Å²) in [4.78, 5) is 15.9. The molecule has 3 rings (SSSR count). The number of hydrogen-bond donors (Lipinski definition) is 0. The summed E-state index contributed by atoms with van der Waals surface area (Å²) < 4.78 is 47.5. The molecule has 12 heteroatoms. The number of nitro groups is 1. The van der Waals surface area contributed by atoms with Gasteiger partial charge in [0.2, 0.25) is 0 Å². The molecule has 1 aliphatic rings. The van der Waals surface area contributed by atoms with Crippen molar-refractivity contribution in [2.24, 2.45) is 0 Å². The Bertz CT molecular complexity index is 1220. The third-order valence-electron chi connectivity index (χ3n) is 6.59. The number of aromatic nitrogens is 1. The predicted molar refractivity (Wildman–Crippen MR) is 137 cm³/mol. The second-order valence-electron chi connectivity index (χ2n) is 9.92. The van der Waals surface area contributed by atoms with Gasteiger partial charge in [0, 0.05) is 36.3 Å². The van der Waals surface area contributed by atoms with Gasteiger partial charge in [-0.05, 0) is 52.3 Å². The summed E-state index contributed by atoms with van der Waals surface area (Å²) in [5.74, 6) is 0.158. The standard InChI is InChI=1S/C24H33BN2O8S/c1-8-33-22-12-16(9-10-21(22)32-6)17(15-36(7,30)31)11-19-20(27(28)29)13-18(14-26-19)25-34-23(2,3)24(4,5)35-25/h9-10,12-14,17H,8,11,15H2,1-7H3/t17-/m1/s1. The second kappa shape index (κ2) is 10.4. The first kappa shape index (κ1) is 27.9. The first-order valence-corrected chi connectivity index (χ1v) is 13.7. The van der Waals surface area contributed by atoms with Crippen LogP contribution in [0.2, 0.25) is 0 Å². The highest BCUT2D eigenvalue weighted by atomic mass is 32.2. The zero-order chi connectivity index (χ0) is 26.9. The summed E-state index contributed by atoms with van der Waals surface area (Å²) in [5, 5.41) is 12.0. The van der Waals surface area contributed by atoms with E-state index in [9.17, 15) is 18.5 Å². The fraction of sp³-hybridized carbons (Fsp3) is 0.542. The summed E-state index contributed by atoms with van der Waals surface area (Å²) in [7, 11) is -2.72. The average molecular weight is 520 g/mol. The monoisotopic (exact) mass is 520 g/mol. The van der Waals surface area contributed by atoms with Crippen molar-refractivity contribution in [2.75, 3.05) is 25.7 Å². The molecule has 0 aliphatic carbocycles. The first-order chi connectivity index (χ1) is 16.7. The van der Waals surface area contributed by atoms with E-state index in [1.807, 2.05) is 34.6 Å². The van der Waals surface area contributed by atoms with E-state index in [-0.39, 0.29) is 23.6 Å². The van der Waals surface area contributed by atoms with Crippen molar-refractivity contribution in [2.45, 2.75) is 58.2 Å². The van der Waals surface area contributed by atoms with Gasteiger partial charge >= 0.3 is 7.12 Å². The second-order valence-corrected chi connectivity index (χ2v) is 12.1. The number of methoxy groups -OCH3 is 1. The van der Waals surface area contributed by atoms with Gasteiger partial charge in [-0.25, -0.2) is 8.42 Å². The largest absolute Gasteiger partial charge is 0.496 e. The zero-order valence-electron chi connectivity index (χ0n) is 21.7. The van der Waals surface area contributed by atoms with Gasteiger partial charge in [0.1, 0.15) is 15.5 Å². The number of rotatable bonds is 10. The van der Waals surface area contributed by atoms with Crippen LogP contribution in [0.4, 0.5) is 5.69 Å². The summed E-state index contributed by atoms with van der Waals surface area (Å²) in [5.41, 5.74) is -0.207. The molecule has 36 heavy (non-hydrogen) atoms. The number of benzene rings is 1. The van der Waals surface area contributed by atoms with Gasteiger partial charge in [-0.1, -0.05) is 6.07 Å². The molecular weight excluding hydrogens is 487 g/mol. The molecule has 196 valence electrons. The third-order valence-corrected chi connectivity index (χ3v) is 7.60. The van der Waals surface area contributed by atoms with Crippen LogP contribution in [-0.4, -0.2) is 62.4 Å². The van der Waals surface area contributed by atoms with Crippen molar-refractivity contribution in [3.8, 4) is 11.5 Å². The molecule has 1 fully saturated rings. The smallest absolute Gasteiger partial charge is 0.493 e. The normalized spacial score (nSPS) is 17.6. The van der Waals surface area contributed by atoms with Crippen molar-refractivity contribution in [1.82, 2.24) is 4.98 Å². The Balaban J connectivity index is 2.00. The lowest BCUT2D eigenvalue weighted by Crippen LogP contribution is -2.41. The minimum absolute atomic E-state index is 0.0327. The number of hydrogen-bond acceptors (Lipinski definition) is 9. The number of nitrogens with zero attached hydrogens (tertiary/aromatic N) is 2. The Morgan fingerprint density at radius 3 is 2.31 bits per heavy atom. The molecule has 2 heterocycles. The topological polar surface area (TPSA) is 127 Å². The van der Waals surface area contributed by atoms with E-state index < -0.39 is 39.0 Å². The molecule has 0 amide bonds. The van der Waals surface area contributed by atoms with Crippen LogP contribution in [0.25, 0.3) is 0 Å². The third kappa shape index (κ3) is 6.16. The van der Waals surface area contributed by atoms with Gasteiger partial charge in [-0.15, -0.1) is 0 Å². The van der Waals surface area contributed by atoms with Crippen molar-refractivity contribution in [3.05, 3.63) is 51.8 Å². The highest BCUT2D eigenvalue weighted by Crippen LogP contribution is 2.37. The van der Waals surface area contributed by atoms with Crippen LogP contribution < -0.4 is 14.9 Å². The van der Waals surface area contributed by atoms with Crippen molar-refractivity contribution < 1.29 is 32.1 Å². The van der Waals surface area contributed by atoms with Crippen LogP contribution >= 0.6 is 0 Å². The number of ether oxygens (including phenoxy) is 2. The molecule has 0 spiro atoms. The summed E-state index contributed by atoms with van der Waals surface area (Å²) >= 11 is 0. The average Bonchev–Trinajstić information content (AvgIpc) is 2.99. The van der Waals surface area contributed by atoms with E-state index in [1.54, 1.807) is 18.2 Å². The number of pyridine rings is 1. The molecular formula is C24H33BN2O8S. The minimum atomic E-state index is -3.42. The van der Waals surface area contributed by atoms with Gasteiger partial charge in [0.25, 0.3) is 5.69 Å². The fourth-order valence-corrected chi connectivity index (χ4v) is 5.05.